The Labute approximate surface area is 175 Å². The van der Waals surface area contributed by atoms with Gasteiger partial charge in [0.05, 0.1) is 11.4 Å². The number of nitrogens with zero attached hydrogens (tertiary/aromatic N) is 4. The van der Waals surface area contributed by atoms with Crippen molar-refractivity contribution in [2.75, 3.05) is 19.3 Å². The van der Waals surface area contributed by atoms with Gasteiger partial charge >= 0.3 is 0 Å². The summed E-state index contributed by atoms with van der Waals surface area (Å²) >= 11 is 0. The van der Waals surface area contributed by atoms with Crippen LogP contribution in [0.25, 0.3) is 5.69 Å². The van der Waals surface area contributed by atoms with E-state index >= 15 is 0 Å². The molecule has 4 N–H and O–H groups in total. The fraction of sp³-hybridized carbons (Fsp3) is 0.227. The van der Waals surface area contributed by atoms with Crippen LogP contribution in [0.3, 0.4) is 0 Å². The van der Waals surface area contributed by atoms with E-state index in [1.165, 1.54) is 6.07 Å². The van der Waals surface area contributed by atoms with Gasteiger partial charge in [0.1, 0.15) is 23.3 Å². The third-order valence-electron chi connectivity index (χ3n) is 4.62. The monoisotopic (exact) mass is 405 g/mol. The van der Waals surface area contributed by atoms with Gasteiger partial charge in [0.15, 0.2) is 5.96 Å². The number of guanidine groups is 1. The van der Waals surface area contributed by atoms with Crippen LogP contribution in [-0.4, -0.2) is 29.3 Å². The summed E-state index contributed by atoms with van der Waals surface area (Å²) in [5, 5.41) is 20.3. The standard InChI is InChI=1S/C22H24FN7/c1-26-22(28-15-16-8-5-6-11-19(16)23)27-13-7-12-20-18(14-24)21(25)30(29-20)17-9-3-2-4-10-17/h2-6,8-11H,7,12-13,15,25H2,1H3,(H2,26,27,28). The summed E-state index contributed by atoms with van der Waals surface area (Å²) in [5.74, 6) is 0.665. The van der Waals surface area contributed by atoms with Crippen molar-refractivity contribution in [3.8, 4) is 11.8 Å². The Hall–Kier alpha value is -3.86. The van der Waals surface area contributed by atoms with Gasteiger partial charge in [-0.1, -0.05) is 36.4 Å². The minimum absolute atomic E-state index is 0.254. The van der Waals surface area contributed by atoms with Gasteiger partial charge in [-0.05, 0) is 31.0 Å². The molecular weight excluding hydrogens is 381 g/mol. The molecular formula is C22H24FN7. The number of nitrogen functional groups attached to an aromatic ring is 1. The zero-order chi connectivity index (χ0) is 21.3. The Morgan fingerprint density at radius 2 is 1.90 bits per heavy atom. The maximum Gasteiger partial charge on any atom is 0.191 e. The second-order valence-electron chi connectivity index (χ2n) is 6.61. The lowest BCUT2D eigenvalue weighted by Crippen LogP contribution is -2.37. The molecule has 0 radical (unpaired) electrons. The first-order chi connectivity index (χ1) is 14.6. The quantitative estimate of drug-likeness (QED) is 0.319. The van der Waals surface area contributed by atoms with Gasteiger partial charge in [-0.2, -0.15) is 10.4 Å². The molecule has 0 saturated carbocycles. The molecule has 154 valence electrons. The number of nitrogens with two attached hydrogens (primary N) is 1. The van der Waals surface area contributed by atoms with E-state index in [0.717, 1.165) is 12.1 Å². The van der Waals surface area contributed by atoms with Crippen molar-refractivity contribution in [2.24, 2.45) is 4.99 Å². The molecule has 0 aliphatic heterocycles. The highest BCUT2D eigenvalue weighted by molar-refractivity contribution is 5.79. The molecule has 0 atom stereocenters. The summed E-state index contributed by atoms with van der Waals surface area (Å²) in [6.45, 7) is 0.947. The number of hydrogen-bond acceptors (Lipinski definition) is 4. The number of aromatic nitrogens is 2. The normalized spacial score (nSPS) is 11.2. The molecule has 0 fully saturated rings. The Kier molecular flexibility index (Phi) is 7.00. The molecule has 2 aromatic carbocycles. The number of halogens is 1. The lowest BCUT2D eigenvalue weighted by Gasteiger charge is -2.12. The number of nitrogens with one attached hydrogen (secondary N) is 2. The average molecular weight is 405 g/mol. The third kappa shape index (κ3) is 4.94. The van der Waals surface area contributed by atoms with Crippen LogP contribution in [-0.2, 0) is 13.0 Å². The molecule has 0 spiro atoms. The molecule has 0 aliphatic carbocycles. The Bertz CT molecular complexity index is 1050. The van der Waals surface area contributed by atoms with Crippen molar-refractivity contribution in [3.05, 3.63) is 77.2 Å². The average Bonchev–Trinajstić information content (AvgIpc) is 3.10. The van der Waals surface area contributed by atoms with Gasteiger partial charge in [-0.3, -0.25) is 4.99 Å². The van der Waals surface area contributed by atoms with E-state index in [-0.39, 0.29) is 5.82 Å². The minimum Gasteiger partial charge on any atom is -0.382 e. The van der Waals surface area contributed by atoms with Crippen LogP contribution in [0.1, 0.15) is 23.2 Å². The Morgan fingerprint density at radius 1 is 1.17 bits per heavy atom. The summed E-state index contributed by atoms with van der Waals surface area (Å²) in [6.07, 6.45) is 1.31. The van der Waals surface area contributed by atoms with Crippen LogP contribution in [0, 0.1) is 17.1 Å². The third-order valence-corrected chi connectivity index (χ3v) is 4.62. The highest BCUT2D eigenvalue weighted by atomic mass is 19.1. The highest BCUT2D eigenvalue weighted by Gasteiger charge is 2.16. The first-order valence-corrected chi connectivity index (χ1v) is 9.65. The van der Waals surface area contributed by atoms with Crippen molar-refractivity contribution in [1.82, 2.24) is 20.4 Å². The van der Waals surface area contributed by atoms with Gasteiger partial charge in [0.2, 0.25) is 0 Å². The molecule has 1 aromatic heterocycles. The second kappa shape index (κ2) is 10.1. The number of nitriles is 1. The summed E-state index contributed by atoms with van der Waals surface area (Å²) < 4.78 is 15.3. The van der Waals surface area contributed by atoms with Crippen LogP contribution in [0.2, 0.25) is 0 Å². The lowest BCUT2D eigenvalue weighted by molar-refractivity contribution is 0.604. The van der Waals surface area contributed by atoms with Crippen molar-refractivity contribution in [1.29, 1.82) is 5.26 Å². The fourth-order valence-corrected chi connectivity index (χ4v) is 3.05. The molecule has 30 heavy (non-hydrogen) atoms. The number of hydrogen-bond donors (Lipinski definition) is 3. The van der Waals surface area contributed by atoms with Crippen molar-refractivity contribution >= 4 is 11.8 Å². The summed E-state index contributed by atoms with van der Waals surface area (Å²) in [7, 11) is 1.66. The Morgan fingerprint density at radius 3 is 2.60 bits per heavy atom. The van der Waals surface area contributed by atoms with E-state index in [0.29, 0.717) is 48.1 Å². The van der Waals surface area contributed by atoms with E-state index in [1.807, 2.05) is 30.3 Å². The zero-order valence-electron chi connectivity index (χ0n) is 16.8. The van der Waals surface area contributed by atoms with Crippen LogP contribution in [0.4, 0.5) is 10.2 Å². The summed E-state index contributed by atoms with van der Waals surface area (Å²) in [4.78, 5) is 4.15. The number of para-hydroxylation sites is 1. The number of aryl methyl sites for hydroxylation is 1. The minimum atomic E-state index is -0.254. The summed E-state index contributed by atoms with van der Waals surface area (Å²) in [5.41, 5.74) is 8.58. The maximum absolute atomic E-state index is 13.7. The first kappa shape index (κ1) is 20.9. The van der Waals surface area contributed by atoms with Gasteiger partial charge in [0, 0.05) is 25.7 Å². The number of anilines is 1. The van der Waals surface area contributed by atoms with E-state index in [9.17, 15) is 9.65 Å². The van der Waals surface area contributed by atoms with Crippen molar-refractivity contribution in [2.45, 2.75) is 19.4 Å². The molecule has 0 bridgehead atoms. The van der Waals surface area contributed by atoms with Gasteiger partial charge < -0.3 is 16.4 Å². The largest absolute Gasteiger partial charge is 0.382 e. The molecule has 0 saturated heterocycles. The molecule has 8 heteroatoms. The number of benzene rings is 2. The predicted molar refractivity (Wildman–Crippen MR) is 116 cm³/mol. The van der Waals surface area contributed by atoms with E-state index in [4.69, 9.17) is 5.73 Å². The van der Waals surface area contributed by atoms with E-state index in [2.05, 4.69) is 26.8 Å². The molecule has 3 rings (SSSR count). The molecule has 0 amide bonds. The smallest absolute Gasteiger partial charge is 0.191 e. The zero-order valence-corrected chi connectivity index (χ0v) is 16.8. The van der Waals surface area contributed by atoms with Gasteiger partial charge in [-0.25, -0.2) is 9.07 Å². The van der Waals surface area contributed by atoms with Crippen LogP contribution in [0.15, 0.2) is 59.6 Å². The van der Waals surface area contributed by atoms with Crippen molar-refractivity contribution < 1.29 is 4.39 Å². The lowest BCUT2D eigenvalue weighted by atomic mass is 10.1. The SMILES string of the molecule is CN=C(NCCCc1nn(-c2ccccc2)c(N)c1C#N)NCc1ccccc1F. The topological polar surface area (TPSA) is 104 Å². The van der Waals surface area contributed by atoms with Gasteiger partial charge in [0.25, 0.3) is 0 Å². The van der Waals surface area contributed by atoms with Crippen molar-refractivity contribution in [3.63, 3.8) is 0 Å². The molecule has 1 heterocycles. The number of aliphatic imine (C=N–C) groups is 1. The van der Waals surface area contributed by atoms with Crippen LogP contribution in [0.5, 0.6) is 0 Å². The molecule has 3 aromatic rings. The van der Waals surface area contributed by atoms with E-state index < -0.39 is 0 Å². The highest BCUT2D eigenvalue weighted by Crippen LogP contribution is 2.21. The molecule has 0 unspecified atom stereocenters. The second-order valence-corrected chi connectivity index (χ2v) is 6.61. The van der Waals surface area contributed by atoms with Crippen LogP contribution >= 0.6 is 0 Å². The number of rotatable bonds is 7. The summed E-state index contributed by atoms with van der Waals surface area (Å²) in [6, 6.07) is 18.3. The first-order valence-electron chi connectivity index (χ1n) is 9.65. The Balaban J connectivity index is 1.55. The fourth-order valence-electron chi connectivity index (χ4n) is 3.05. The predicted octanol–water partition coefficient (Wildman–Crippen LogP) is 2.76. The molecule has 0 aliphatic rings. The molecule has 7 nitrogen and oxygen atoms in total. The van der Waals surface area contributed by atoms with Crippen LogP contribution < -0.4 is 16.4 Å². The van der Waals surface area contributed by atoms with E-state index in [1.54, 1.807) is 29.9 Å². The maximum atomic E-state index is 13.7. The van der Waals surface area contributed by atoms with Gasteiger partial charge in [-0.15, -0.1) is 0 Å².